The first-order valence-corrected chi connectivity index (χ1v) is 9.16. The fraction of sp³-hybridized carbons (Fsp3) is 0.650. The molecule has 2 aliphatic carbocycles. The van der Waals surface area contributed by atoms with E-state index in [9.17, 15) is 4.79 Å². The van der Waals surface area contributed by atoms with Crippen molar-refractivity contribution in [2.24, 2.45) is 0 Å². The van der Waals surface area contributed by atoms with Crippen molar-refractivity contribution in [3.8, 4) is 0 Å². The maximum atomic E-state index is 12.7. The van der Waals surface area contributed by atoms with Gasteiger partial charge < -0.3 is 5.32 Å². The van der Waals surface area contributed by atoms with Crippen LogP contribution >= 0.6 is 0 Å². The van der Waals surface area contributed by atoms with E-state index in [4.69, 9.17) is 0 Å². The van der Waals surface area contributed by atoms with E-state index in [0.717, 1.165) is 12.0 Å². The molecule has 1 aromatic rings. The van der Waals surface area contributed by atoms with E-state index < -0.39 is 0 Å². The quantitative estimate of drug-likeness (QED) is 0.832. The smallest absolute Gasteiger partial charge is 0.179 e. The van der Waals surface area contributed by atoms with Gasteiger partial charge in [0.2, 0.25) is 0 Å². The Morgan fingerprint density at radius 2 is 1.68 bits per heavy atom. The van der Waals surface area contributed by atoms with E-state index in [-0.39, 0.29) is 11.8 Å². The molecule has 0 saturated heterocycles. The number of nitrogens with one attached hydrogen (secondary N) is 1. The second-order valence-corrected chi connectivity index (χ2v) is 7.13. The highest BCUT2D eigenvalue weighted by molar-refractivity contribution is 6.00. The Morgan fingerprint density at radius 1 is 1.00 bits per heavy atom. The zero-order chi connectivity index (χ0) is 15.4. The van der Waals surface area contributed by atoms with Crippen LogP contribution < -0.4 is 5.32 Å². The Hall–Kier alpha value is -1.15. The third kappa shape index (κ3) is 3.78. The van der Waals surface area contributed by atoms with Crippen LogP contribution in [-0.2, 0) is 12.8 Å². The standard InChI is InChI=1S/C20H29NO/c1-15(21-19-10-5-3-2-4-6-11-19)20(22)18-13-12-16-8-7-9-17(16)14-18/h12-15,19,21H,2-11H2,1H3. The third-order valence-electron chi connectivity index (χ3n) is 5.37. The molecule has 22 heavy (non-hydrogen) atoms. The molecule has 1 atom stereocenters. The van der Waals surface area contributed by atoms with Crippen LogP contribution in [0.4, 0.5) is 0 Å². The lowest BCUT2D eigenvalue weighted by Crippen LogP contribution is -2.41. The summed E-state index contributed by atoms with van der Waals surface area (Å²) < 4.78 is 0. The van der Waals surface area contributed by atoms with Gasteiger partial charge in [-0.3, -0.25) is 4.79 Å². The van der Waals surface area contributed by atoms with Crippen LogP contribution in [0, 0.1) is 0 Å². The molecule has 2 aliphatic rings. The average molecular weight is 299 g/mol. The summed E-state index contributed by atoms with van der Waals surface area (Å²) in [5.74, 6) is 0.261. The summed E-state index contributed by atoms with van der Waals surface area (Å²) in [6.07, 6.45) is 12.7. The van der Waals surface area contributed by atoms with E-state index in [1.165, 1.54) is 68.9 Å². The van der Waals surface area contributed by atoms with Crippen molar-refractivity contribution in [3.63, 3.8) is 0 Å². The fourth-order valence-corrected chi connectivity index (χ4v) is 4.03. The predicted octanol–water partition coefficient (Wildman–Crippen LogP) is 4.45. The fourth-order valence-electron chi connectivity index (χ4n) is 4.03. The molecule has 0 heterocycles. The summed E-state index contributed by atoms with van der Waals surface area (Å²) in [6, 6.07) is 6.79. The number of Topliss-reactive ketones (excluding diaryl/α,β-unsaturated/α-hetero) is 1. The zero-order valence-corrected chi connectivity index (χ0v) is 13.9. The van der Waals surface area contributed by atoms with Gasteiger partial charge in [0.15, 0.2) is 5.78 Å². The minimum Gasteiger partial charge on any atom is -0.305 e. The summed E-state index contributed by atoms with van der Waals surface area (Å²) in [7, 11) is 0. The number of carbonyl (C=O) groups excluding carboxylic acids is 1. The number of hydrogen-bond acceptors (Lipinski definition) is 2. The molecule has 1 N–H and O–H groups in total. The van der Waals surface area contributed by atoms with Gasteiger partial charge in [-0.05, 0) is 56.2 Å². The SMILES string of the molecule is CC(NC1CCCCCCC1)C(=O)c1ccc2c(c1)CCC2. The maximum absolute atomic E-state index is 12.7. The van der Waals surface area contributed by atoms with Gasteiger partial charge in [-0.15, -0.1) is 0 Å². The molecule has 0 aliphatic heterocycles. The van der Waals surface area contributed by atoms with Crippen LogP contribution in [0.25, 0.3) is 0 Å². The highest BCUT2D eigenvalue weighted by atomic mass is 16.1. The molecule has 0 radical (unpaired) electrons. The van der Waals surface area contributed by atoms with Crippen molar-refractivity contribution < 1.29 is 4.79 Å². The average Bonchev–Trinajstić information content (AvgIpc) is 2.96. The highest BCUT2D eigenvalue weighted by Crippen LogP contribution is 2.24. The molecular formula is C20H29NO. The third-order valence-corrected chi connectivity index (χ3v) is 5.37. The summed E-state index contributed by atoms with van der Waals surface area (Å²) >= 11 is 0. The Kier molecular flexibility index (Phi) is 5.30. The van der Waals surface area contributed by atoms with Crippen molar-refractivity contribution in [2.75, 3.05) is 0 Å². The summed E-state index contributed by atoms with van der Waals surface area (Å²) in [4.78, 5) is 12.7. The topological polar surface area (TPSA) is 29.1 Å². The van der Waals surface area contributed by atoms with E-state index in [1.54, 1.807) is 0 Å². The molecule has 1 aromatic carbocycles. The Morgan fingerprint density at radius 3 is 2.45 bits per heavy atom. The van der Waals surface area contributed by atoms with E-state index in [1.807, 2.05) is 13.0 Å². The van der Waals surface area contributed by atoms with Gasteiger partial charge in [-0.2, -0.15) is 0 Å². The lowest BCUT2D eigenvalue weighted by atomic mass is 9.95. The minimum absolute atomic E-state index is 0.0659. The molecule has 2 nitrogen and oxygen atoms in total. The van der Waals surface area contributed by atoms with Gasteiger partial charge in [-0.25, -0.2) is 0 Å². The first-order chi connectivity index (χ1) is 10.7. The minimum atomic E-state index is -0.0659. The summed E-state index contributed by atoms with van der Waals surface area (Å²) in [5, 5.41) is 3.60. The molecule has 1 fully saturated rings. The Balaban J connectivity index is 1.61. The monoisotopic (exact) mass is 299 g/mol. The van der Waals surface area contributed by atoms with Crippen molar-refractivity contribution in [3.05, 3.63) is 34.9 Å². The van der Waals surface area contributed by atoms with Crippen LogP contribution in [0.15, 0.2) is 18.2 Å². The van der Waals surface area contributed by atoms with Crippen LogP contribution in [0.5, 0.6) is 0 Å². The first-order valence-electron chi connectivity index (χ1n) is 9.16. The zero-order valence-electron chi connectivity index (χ0n) is 13.9. The molecule has 0 bridgehead atoms. The second kappa shape index (κ2) is 7.41. The molecule has 0 amide bonds. The van der Waals surface area contributed by atoms with E-state index in [2.05, 4.69) is 17.4 Å². The normalized spacial score (nSPS) is 21.0. The second-order valence-electron chi connectivity index (χ2n) is 7.13. The highest BCUT2D eigenvalue weighted by Gasteiger charge is 2.21. The van der Waals surface area contributed by atoms with Crippen LogP contribution in [0.2, 0.25) is 0 Å². The summed E-state index contributed by atoms with van der Waals surface area (Å²) in [5.41, 5.74) is 3.73. The Labute approximate surface area is 134 Å². The number of aryl methyl sites for hydroxylation is 2. The van der Waals surface area contributed by atoms with E-state index >= 15 is 0 Å². The van der Waals surface area contributed by atoms with Crippen LogP contribution in [-0.4, -0.2) is 17.9 Å². The summed E-state index contributed by atoms with van der Waals surface area (Å²) in [6.45, 7) is 2.04. The van der Waals surface area contributed by atoms with Crippen LogP contribution in [0.3, 0.4) is 0 Å². The largest absolute Gasteiger partial charge is 0.305 e. The number of fused-ring (bicyclic) bond motifs is 1. The van der Waals surface area contributed by atoms with Gasteiger partial charge in [0.1, 0.15) is 0 Å². The van der Waals surface area contributed by atoms with Crippen molar-refractivity contribution in [1.29, 1.82) is 0 Å². The van der Waals surface area contributed by atoms with Crippen molar-refractivity contribution in [2.45, 2.75) is 83.2 Å². The molecule has 3 rings (SSSR count). The van der Waals surface area contributed by atoms with Crippen molar-refractivity contribution in [1.82, 2.24) is 5.32 Å². The Bertz CT molecular complexity index is 514. The molecule has 120 valence electrons. The van der Waals surface area contributed by atoms with E-state index in [0.29, 0.717) is 6.04 Å². The first kappa shape index (κ1) is 15.7. The number of carbonyl (C=O) groups is 1. The molecule has 1 saturated carbocycles. The van der Waals surface area contributed by atoms with Gasteiger partial charge in [0, 0.05) is 11.6 Å². The van der Waals surface area contributed by atoms with Gasteiger partial charge in [0.25, 0.3) is 0 Å². The van der Waals surface area contributed by atoms with Crippen molar-refractivity contribution >= 4 is 5.78 Å². The van der Waals surface area contributed by atoms with Gasteiger partial charge in [-0.1, -0.05) is 44.2 Å². The van der Waals surface area contributed by atoms with Crippen LogP contribution in [0.1, 0.15) is 79.8 Å². The molecule has 2 heteroatoms. The lowest BCUT2D eigenvalue weighted by molar-refractivity contribution is 0.0941. The lowest BCUT2D eigenvalue weighted by Gasteiger charge is -2.24. The molecule has 0 aromatic heterocycles. The predicted molar refractivity (Wildman–Crippen MR) is 91.5 cm³/mol. The number of benzene rings is 1. The number of hydrogen-bond donors (Lipinski definition) is 1. The number of rotatable bonds is 4. The molecular weight excluding hydrogens is 270 g/mol. The molecule has 1 unspecified atom stereocenters. The number of ketones is 1. The molecule has 0 spiro atoms. The maximum Gasteiger partial charge on any atom is 0.179 e. The van der Waals surface area contributed by atoms with Gasteiger partial charge in [0.05, 0.1) is 6.04 Å². The van der Waals surface area contributed by atoms with Gasteiger partial charge >= 0.3 is 0 Å².